The van der Waals surface area contributed by atoms with E-state index in [1.165, 1.54) is 0 Å². The minimum atomic E-state index is 0.116. The van der Waals surface area contributed by atoms with E-state index in [2.05, 4.69) is 47.8 Å². The van der Waals surface area contributed by atoms with E-state index < -0.39 is 0 Å². The van der Waals surface area contributed by atoms with Gasteiger partial charge in [-0.05, 0) is 42.0 Å². The van der Waals surface area contributed by atoms with Crippen LogP contribution in [0, 0.1) is 5.41 Å². The lowest BCUT2D eigenvalue weighted by atomic mass is 10.0. The highest BCUT2D eigenvalue weighted by atomic mass is 79.9. The lowest BCUT2D eigenvalue weighted by molar-refractivity contribution is 0.473. The topological polar surface area (TPSA) is 44.1 Å². The molecule has 0 saturated carbocycles. The molecule has 2 N–H and O–H groups in total. The molecule has 0 aromatic heterocycles. The number of rotatable bonds is 3. The van der Waals surface area contributed by atoms with Crippen molar-refractivity contribution in [3.63, 3.8) is 0 Å². The first-order valence-corrected chi connectivity index (χ1v) is 7.85. The van der Waals surface area contributed by atoms with Gasteiger partial charge in [0.05, 0.1) is 0 Å². The van der Waals surface area contributed by atoms with Crippen LogP contribution in [0.5, 0.6) is 5.75 Å². The van der Waals surface area contributed by atoms with E-state index in [4.69, 9.17) is 5.41 Å². The Balaban J connectivity index is 2.28. The van der Waals surface area contributed by atoms with E-state index in [0.29, 0.717) is 17.7 Å². The first-order valence-electron chi connectivity index (χ1n) is 5.47. The van der Waals surface area contributed by atoms with Crippen molar-refractivity contribution < 1.29 is 5.11 Å². The summed E-state index contributed by atoms with van der Waals surface area (Å²) in [7, 11) is 0. The number of hydrogen-bond acceptors (Lipinski definition) is 2. The molecule has 0 aliphatic heterocycles. The summed E-state index contributed by atoms with van der Waals surface area (Å²) >= 11 is 10.2. The molecule has 2 aromatic rings. The van der Waals surface area contributed by atoms with Gasteiger partial charge in [0.2, 0.25) is 0 Å². The van der Waals surface area contributed by atoms with Crippen LogP contribution < -0.4 is 0 Å². The normalized spacial score (nSPS) is 10.5. The summed E-state index contributed by atoms with van der Waals surface area (Å²) in [4.78, 5) is 0. The van der Waals surface area contributed by atoms with Crippen LogP contribution in [0.2, 0.25) is 0 Å². The molecular formula is C14H10Br3NO. The standard InChI is InChI=1S/C14H10Br3NO/c15-9-2-4-12(17)8(5-9)6-13(18)11-3-1-10(16)7-14(11)19/h1-5,7,18-19H,6H2. The summed E-state index contributed by atoms with van der Waals surface area (Å²) in [6.45, 7) is 0. The second-order valence-electron chi connectivity index (χ2n) is 4.05. The van der Waals surface area contributed by atoms with Crippen LogP contribution in [0.1, 0.15) is 11.1 Å². The third kappa shape index (κ3) is 3.68. The Morgan fingerprint density at radius 2 is 1.63 bits per heavy atom. The van der Waals surface area contributed by atoms with Crippen LogP contribution in [0.4, 0.5) is 0 Å². The van der Waals surface area contributed by atoms with Crippen LogP contribution >= 0.6 is 47.8 Å². The van der Waals surface area contributed by atoms with E-state index in [-0.39, 0.29) is 5.75 Å². The Kier molecular flexibility index (Phi) is 4.81. The molecule has 2 nitrogen and oxygen atoms in total. The summed E-state index contributed by atoms with van der Waals surface area (Å²) in [6.07, 6.45) is 0.454. The van der Waals surface area contributed by atoms with Gasteiger partial charge in [-0.3, -0.25) is 0 Å². The lowest BCUT2D eigenvalue weighted by Crippen LogP contribution is -2.04. The maximum atomic E-state index is 9.87. The number of aromatic hydroxyl groups is 1. The molecule has 0 aliphatic rings. The molecule has 0 heterocycles. The maximum absolute atomic E-state index is 9.87. The molecule has 0 bridgehead atoms. The van der Waals surface area contributed by atoms with E-state index >= 15 is 0 Å². The third-order valence-corrected chi connectivity index (χ3v) is 4.42. The van der Waals surface area contributed by atoms with Crippen molar-refractivity contribution in [3.05, 3.63) is 60.9 Å². The lowest BCUT2D eigenvalue weighted by Gasteiger charge is -2.09. The number of benzene rings is 2. The second kappa shape index (κ2) is 6.20. The molecule has 5 heteroatoms. The van der Waals surface area contributed by atoms with Crippen molar-refractivity contribution in [2.24, 2.45) is 0 Å². The van der Waals surface area contributed by atoms with Gasteiger partial charge in [0, 0.05) is 31.1 Å². The molecule has 2 aromatic carbocycles. The zero-order chi connectivity index (χ0) is 14.0. The van der Waals surface area contributed by atoms with Gasteiger partial charge in [-0.15, -0.1) is 0 Å². The van der Waals surface area contributed by atoms with Gasteiger partial charge >= 0.3 is 0 Å². The van der Waals surface area contributed by atoms with Gasteiger partial charge in [-0.25, -0.2) is 0 Å². The molecule has 0 fully saturated rings. The Morgan fingerprint density at radius 1 is 1.00 bits per heavy atom. The van der Waals surface area contributed by atoms with Crippen LogP contribution in [0.15, 0.2) is 49.8 Å². The molecular weight excluding hydrogens is 438 g/mol. The molecule has 0 spiro atoms. The molecule has 2 rings (SSSR count). The van der Waals surface area contributed by atoms with Gasteiger partial charge in [0.1, 0.15) is 5.75 Å². The smallest absolute Gasteiger partial charge is 0.125 e. The highest BCUT2D eigenvalue weighted by molar-refractivity contribution is 9.11. The van der Waals surface area contributed by atoms with Crippen LogP contribution in [-0.2, 0) is 6.42 Å². The first-order chi connectivity index (χ1) is 8.97. The maximum Gasteiger partial charge on any atom is 0.125 e. The Labute approximate surface area is 136 Å². The van der Waals surface area contributed by atoms with Crippen molar-refractivity contribution in [3.8, 4) is 5.75 Å². The van der Waals surface area contributed by atoms with Crippen molar-refractivity contribution in [1.29, 1.82) is 5.41 Å². The quantitative estimate of drug-likeness (QED) is 0.617. The van der Waals surface area contributed by atoms with Gasteiger partial charge in [-0.1, -0.05) is 47.8 Å². The molecule has 0 atom stereocenters. The Hall–Kier alpha value is -0.650. The number of hydrogen-bond donors (Lipinski definition) is 2. The molecule has 0 saturated heterocycles. The monoisotopic (exact) mass is 445 g/mol. The average Bonchev–Trinajstić information content (AvgIpc) is 2.33. The molecule has 0 amide bonds. The average molecular weight is 448 g/mol. The van der Waals surface area contributed by atoms with Gasteiger partial charge in [-0.2, -0.15) is 0 Å². The first kappa shape index (κ1) is 14.8. The summed E-state index contributed by atoms with van der Waals surface area (Å²) in [5, 5.41) is 18.0. The summed E-state index contributed by atoms with van der Waals surface area (Å²) in [5.74, 6) is 0.116. The molecule has 98 valence electrons. The van der Waals surface area contributed by atoms with Crippen LogP contribution in [-0.4, -0.2) is 10.8 Å². The molecule has 0 unspecified atom stereocenters. The zero-order valence-electron chi connectivity index (χ0n) is 9.75. The summed E-state index contributed by atoms with van der Waals surface area (Å²) in [5.41, 5.74) is 1.93. The van der Waals surface area contributed by atoms with E-state index in [0.717, 1.165) is 19.0 Å². The third-order valence-electron chi connectivity index (χ3n) is 2.66. The largest absolute Gasteiger partial charge is 0.507 e. The van der Waals surface area contributed by atoms with Crippen molar-refractivity contribution >= 4 is 53.5 Å². The van der Waals surface area contributed by atoms with Crippen molar-refractivity contribution in [1.82, 2.24) is 0 Å². The van der Waals surface area contributed by atoms with Crippen LogP contribution in [0.3, 0.4) is 0 Å². The fraction of sp³-hybridized carbons (Fsp3) is 0.0714. The number of phenolic OH excluding ortho intramolecular Hbond substituents is 1. The highest BCUT2D eigenvalue weighted by Gasteiger charge is 2.10. The molecule has 0 radical (unpaired) electrons. The van der Waals surface area contributed by atoms with Gasteiger partial charge in [0.15, 0.2) is 0 Å². The predicted molar refractivity (Wildman–Crippen MR) is 88.2 cm³/mol. The molecule has 19 heavy (non-hydrogen) atoms. The SMILES string of the molecule is N=C(Cc1cc(Br)ccc1Br)c1ccc(Br)cc1O. The number of phenols is 1. The van der Waals surface area contributed by atoms with Gasteiger partial charge in [0.25, 0.3) is 0 Å². The van der Waals surface area contributed by atoms with E-state index in [1.807, 2.05) is 24.3 Å². The Morgan fingerprint density at radius 3 is 2.32 bits per heavy atom. The minimum Gasteiger partial charge on any atom is -0.507 e. The van der Waals surface area contributed by atoms with Crippen LogP contribution in [0.25, 0.3) is 0 Å². The highest BCUT2D eigenvalue weighted by Crippen LogP contribution is 2.26. The van der Waals surface area contributed by atoms with Crippen molar-refractivity contribution in [2.75, 3.05) is 0 Å². The van der Waals surface area contributed by atoms with Crippen molar-refractivity contribution in [2.45, 2.75) is 6.42 Å². The second-order valence-corrected chi connectivity index (χ2v) is 6.74. The van der Waals surface area contributed by atoms with Gasteiger partial charge < -0.3 is 10.5 Å². The number of halogens is 3. The Bertz CT molecular complexity index is 641. The molecule has 0 aliphatic carbocycles. The summed E-state index contributed by atoms with van der Waals surface area (Å²) < 4.78 is 2.72. The predicted octanol–water partition coefficient (Wildman–Crippen LogP) is 5.29. The zero-order valence-corrected chi connectivity index (χ0v) is 14.5. The van der Waals surface area contributed by atoms with E-state index in [9.17, 15) is 5.11 Å². The fourth-order valence-electron chi connectivity index (χ4n) is 1.72. The minimum absolute atomic E-state index is 0.116. The van der Waals surface area contributed by atoms with E-state index in [1.54, 1.807) is 12.1 Å². The summed E-state index contributed by atoms with van der Waals surface area (Å²) in [6, 6.07) is 11.0. The fourth-order valence-corrected chi connectivity index (χ4v) is 2.87. The number of nitrogens with one attached hydrogen (secondary N) is 1.